The molecule has 1 aliphatic heterocycles. The third kappa shape index (κ3) is 2.30. The lowest BCUT2D eigenvalue weighted by Gasteiger charge is -2.29. The molecule has 6 heteroatoms. The monoisotopic (exact) mass is 277 g/mol. The summed E-state index contributed by atoms with van der Waals surface area (Å²) in [6.45, 7) is 5.98. The number of imidazole rings is 1. The zero-order chi connectivity index (χ0) is 13.4. The van der Waals surface area contributed by atoms with Gasteiger partial charge in [0.2, 0.25) is 5.28 Å². The first-order valence-corrected chi connectivity index (χ1v) is 6.81. The average molecular weight is 278 g/mol. The molecule has 2 aromatic heterocycles. The fraction of sp³-hybridized carbons (Fsp3) is 0.462. The lowest BCUT2D eigenvalue weighted by molar-refractivity contribution is 0.688. The molecule has 0 spiro atoms. The number of fused-ring (bicyclic) bond motifs is 1. The third-order valence-corrected chi connectivity index (χ3v) is 3.65. The van der Waals surface area contributed by atoms with Gasteiger partial charge in [-0.05, 0) is 17.5 Å². The first-order valence-electron chi connectivity index (χ1n) is 6.43. The molecule has 1 aliphatic rings. The van der Waals surface area contributed by atoms with E-state index in [-0.39, 0.29) is 0 Å². The normalized spacial score (nSPS) is 14.8. The predicted molar refractivity (Wildman–Crippen MR) is 74.5 cm³/mol. The average Bonchev–Trinajstić information content (AvgIpc) is 2.85. The molecule has 19 heavy (non-hydrogen) atoms. The molecule has 3 rings (SSSR count). The molecule has 0 saturated heterocycles. The fourth-order valence-corrected chi connectivity index (χ4v) is 2.54. The molecule has 0 unspecified atom stereocenters. The van der Waals surface area contributed by atoms with E-state index in [4.69, 9.17) is 11.6 Å². The van der Waals surface area contributed by atoms with Crippen molar-refractivity contribution in [1.29, 1.82) is 0 Å². The molecule has 1 N–H and O–H groups in total. The van der Waals surface area contributed by atoms with Crippen molar-refractivity contribution in [2.75, 3.05) is 11.4 Å². The van der Waals surface area contributed by atoms with E-state index in [9.17, 15) is 0 Å². The first-order chi connectivity index (χ1) is 9.15. The van der Waals surface area contributed by atoms with Crippen LogP contribution in [0, 0.1) is 0 Å². The first kappa shape index (κ1) is 12.4. The second kappa shape index (κ2) is 4.81. The number of rotatable bonds is 2. The Morgan fingerprint density at radius 1 is 1.37 bits per heavy atom. The van der Waals surface area contributed by atoms with Crippen molar-refractivity contribution in [2.45, 2.75) is 32.7 Å². The van der Waals surface area contributed by atoms with Gasteiger partial charge in [-0.2, -0.15) is 0 Å². The van der Waals surface area contributed by atoms with Crippen molar-refractivity contribution in [2.24, 2.45) is 0 Å². The van der Waals surface area contributed by atoms with Gasteiger partial charge in [0, 0.05) is 24.7 Å². The number of nitrogens with zero attached hydrogens (tertiary/aromatic N) is 4. The molecule has 0 fully saturated rings. The minimum absolute atomic E-state index is 0.301. The minimum atomic E-state index is 0.301. The largest absolute Gasteiger partial charge is 0.350 e. The Labute approximate surface area is 117 Å². The third-order valence-electron chi connectivity index (χ3n) is 3.46. The van der Waals surface area contributed by atoms with E-state index < -0.39 is 0 Å². The highest BCUT2D eigenvalue weighted by molar-refractivity contribution is 6.28. The summed E-state index contributed by atoms with van der Waals surface area (Å²) in [5, 5.41) is 0.301. The summed E-state index contributed by atoms with van der Waals surface area (Å²) in [7, 11) is 0. The van der Waals surface area contributed by atoms with Crippen LogP contribution in [0.5, 0.6) is 0 Å². The molecule has 0 amide bonds. The maximum absolute atomic E-state index is 5.95. The van der Waals surface area contributed by atoms with Crippen LogP contribution >= 0.6 is 11.6 Å². The number of aromatic nitrogens is 4. The van der Waals surface area contributed by atoms with E-state index in [1.807, 2.05) is 6.20 Å². The number of hydrogen-bond acceptors (Lipinski definition) is 4. The van der Waals surface area contributed by atoms with Gasteiger partial charge in [-0.3, -0.25) is 0 Å². The number of H-pyrrole nitrogens is 1. The molecule has 0 radical (unpaired) electrons. The molecule has 5 nitrogen and oxygen atoms in total. The van der Waals surface area contributed by atoms with E-state index in [1.165, 1.54) is 0 Å². The Hall–Kier alpha value is -1.62. The SMILES string of the molecule is CC(C)c1cnc(Cl)nc1N1CCc2nc[nH]c2C1. The Bertz CT molecular complexity index is 592. The number of hydrogen-bond donors (Lipinski definition) is 1. The van der Waals surface area contributed by atoms with Crippen LogP contribution in [0.1, 0.15) is 36.7 Å². The number of nitrogens with one attached hydrogen (secondary N) is 1. The molecule has 100 valence electrons. The van der Waals surface area contributed by atoms with Crippen molar-refractivity contribution in [3.8, 4) is 0 Å². The van der Waals surface area contributed by atoms with Gasteiger partial charge in [0.1, 0.15) is 5.82 Å². The summed E-state index contributed by atoms with van der Waals surface area (Å²) >= 11 is 5.95. The maximum atomic E-state index is 5.95. The van der Waals surface area contributed by atoms with Crippen molar-refractivity contribution in [1.82, 2.24) is 19.9 Å². The van der Waals surface area contributed by atoms with Gasteiger partial charge in [-0.25, -0.2) is 15.0 Å². The van der Waals surface area contributed by atoms with Crippen molar-refractivity contribution in [3.63, 3.8) is 0 Å². The van der Waals surface area contributed by atoms with E-state index in [2.05, 4.69) is 38.7 Å². The van der Waals surface area contributed by atoms with Gasteiger partial charge in [0.25, 0.3) is 0 Å². The zero-order valence-corrected chi connectivity index (χ0v) is 11.8. The van der Waals surface area contributed by atoms with Crippen molar-refractivity contribution >= 4 is 17.4 Å². The van der Waals surface area contributed by atoms with Gasteiger partial charge >= 0.3 is 0 Å². The Morgan fingerprint density at radius 3 is 3.00 bits per heavy atom. The lowest BCUT2D eigenvalue weighted by atomic mass is 10.0. The summed E-state index contributed by atoms with van der Waals surface area (Å²) in [4.78, 5) is 18.3. The molecular formula is C13H16ClN5. The van der Waals surface area contributed by atoms with Gasteiger partial charge < -0.3 is 9.88 Å². The van der Waals surface area contributed by atoms with Crippen LogP contribution in [-0.2, 0) is 13.0 Å². The molecule has 0 saturated carbocycles. The standard InChI is InChI=1S/C13H16ClN5/c1-8(2)9-5-15-13(14)18-12(9)19-4-3-10-11(6-19)17-7-16-10/h5,7-8H,3-4,6H2,1-2H3,(H,16,17). The summed E-state index contributed by atoms with van der Waals surface area (Å²) in [5.74, 6) is 1.31. The van der Waals surface area contributed by atoms with Crippen LogP contribution in [0.25, 0.3) is 0 Å². The minimum Gasteiger partial charge on any atom is -0.350 e. The second-order valence-electron chi connectivity index (χ2n) is 5.07. The van der Waals surface area contributed by atoms with E-state index in [0.717, 1.165) is 42.3 Å². The maximum Gasteiger partial charge on any atom is 0.224 e. The van der Waals surface area contributed by atoms with Gasteiger partial charge in [0.15, 0.2) is 0 Å². The van der Waals surface area contributed by atoms with E-state index in [1.54, 1.807) is 6.33 Å². The van der Waals surface area contributed by atoms with E-state index in [0.29, 0.717) is 11.2 Å². The van der Waals surface area contributed by atoms with Crippen LogP contribution < -0.4 is 4.90 Å². The van der Waals surface area contributed by atoms with Crippen LogP contribution in [0.3, 0.4) is 0 Å². The zero-order valence-electron chi connectivity index (χ0n) is 11.0. The number of halogens is 1. The summed E-state index contributed by atoms with van der Waals surface area (Å²) < 4.78 is 0. The summed E-state index contributed by atoms with van der Waals surface area (Å²) in [6, 6.07) is 0. The van der Waals surface area contributed by atoms with Crippen LogP contribution in [0.2, 0.25) is 5.28 Å². The molecule has 0 aliphatic carbocycles. The highest BCUT2D eigenvalue weighted by Gasteiger charge is 2.22. The molecular weight excluding hydrogens is 262 g/mol. The molecule has 2 aromatic rings. The smallest absolute Gasteiger partial charge is 0.224 e. The van der Waals surface area contributed by atoms with Crippen molar-refractivity contribution < 1.29 is 0 Å². The second-order valence-corrected chi connectivity index (χ2v) is 5.41. The van der Waals surface area contributed by atoms with Gasteiger partial charge in [-0.15, -0.1) is 0 Å². The predicted octanol–water partition coefficient (Wildman–Crippen LogP) is 2.54. The molecule has 0 aromatic carbocycles. The topological polar surface area (TPSA) is 57.7 Å². The van der Waals surface area contributed by atoms with Gasteiger partial charge in [-0.1, -0.05) is 13.8 Å². The van der Waals surface area contributed by atoms with Gasteiger partial charge in [0.05, 0.1) is 24.3 Å². The lowest BCUT2D eigenvalue weighted by Crippen LogP contribution is -2.32. The highest BCUT2D eigenvalue weighted by Crippen LogP contribution is 2.29. The van der Waals surface area contributed by atoms with Crippen molar-refractivity contribution in [3.05, 3.63) is 34.8 Å². The van der Waals surface area contributed by atoms with Crippen LogP contribution in [0.15, 0.2) is 12.5 Å². The number of aromatic amines is 1. The summed E-state index contributed by atoms with van der Waals surface area (Å²) in [5.41, 5.74) is 3.45. The molecule has 0 bridgehead atoms. The Kier molecular flexibility index (Phi) is 3.14. The quantitative estimate of drug-likeness (QED) is 0.857. The fourth-order valence-electron chi connectivity index (χ4n) is 2.42. The van der Waals surface area contributed by atoms with Crippen LogP contribution in [0.4, 0.5) is 5.82 Å². The molecule has 3 heterocycles. The highest BCUT2D eigenvalue weighted by atomic mass is 35.5. The van der Waals surface area contributed by atoms with E-state index >= 15 is 0 Å². The summed E-state index contributed by atoms with van der Waals surface area (Å²) in [6.07, 6.45) is 4.51. The molecule has 0 atom stereocenters. The number of anilines is 1. The Balaban J connectivity index is 1.97. The van der Waals surface area contributed by atoms with Crippen LogP contribution in [-0.4, -0.2) is 26.5 Å². The Morgan fingerprint density at radius 2 is 2.21 bits per heavy atom.